The standard InChI is InChI=1S/C25H22ClN3O3S/c1-32-24(30)22-18-4-2-3-5-21(18)33-23(22)29-25(31)27-17-9-6-14(7-10-17)20-13-15-12-16(26)8-11-19(15)28-20/h6-13,28H,2-5H2,1H3,(H2,27,29,31). The minimum Gasteiger partial charge on any atom is -0.465 e. The lowest BCUT2D eigenvalue weighted by Gasteiger charge is -2.12. The lowest BCUT2D eigenvalue weighted by molar-refractivity contribution is 0.0601. The highest BCUT2D eigenvalue weighted by atomic mass is 35.5. The minimum absolute atomic E-state index is 0.397. The largest absolute Gasteiger partial charge is 0.465 e. The number of aromatic nitrogens is 1. The third kappa shape index (κ3) is 4.34. The van der Waals surface area contributed by atoms with Gasteiger partial charge in [0.2, 0.25) is 0 Å². The Morgan fingerprint density at radius 3 is 2.61 bits per heavy atom. The first kappa shape index (κ1) is 21.6. The van der Waals surface area contributed by atoms with Crippen molar-refractivity contribution in [2.45, 2.75) is 25.7 Å². The zero-order chi connectivity index (χ0) is 22.9. The van der Waals surface area contributed by atoms with E-state index in [4.69, 9.17) is 16.3 Å². The molecule has 1 aliphatic carbocycles. The normalized spacial score (nSPS) is 12.9. The molecule has 2 amide bonds. The van der Waals surface area contributed by atoms with Crippen molar-refractivity contribution in [1.29, 1.82) is 0 Å². The summed E-state index contributed by atoms with van der Waals surface area (Å²) >= 11 is 7.54. The monoisotopic (exact) mass is 479 g/mol. The van der Waals surface area contributed by atoms with Crippen LogP contribution in [0.25, 0.3) is 22.2 Å². The quantitative estimate of drug-likeness (QED) is 0.279. The Balaban J connectivity index is 1.31. The maximum atomic E-state index is 12.7. The number of aryl methyl sites for hydroxylation is 1. The Labute approximate surface area is 199 Å². The number of fused-ring (bicyclic) bond motifs is 2. The summed E-state index contributed by atoms with van der Waals surface area (Å²) in [5, 5.41) is 7.97. The number of urea groups is 1. The van der Waals surface area contributed by atoms with Crippen molar-refractivity contribution in [3.8, 4) is 11.3 Å². The topological polar surface area (TPSA) is 83.2 Å². The molecule has 6 nitrogen and oxygen atoms in total. The fourth-order valence-corrected chi connectivity index (χ4v) is 5.68. The summed E-state index contributed by atoms with van der Waals surface area (Å²) in [5.74, 6) is -0.409. The van der Waals surface area contributed by atoms with E-state index in [1.54, 1.807) is 0 Å². The van der Waals surface area contributed by atoms with Gasteiger partial charge in [-0.2, -0.15) is 0 Å². The summed E-state index contributed by atoms with van der Waals surface area (Å²) in [4.78, 5) is 29.6. The molecule has 0 atom stereocenters. The van der Waals surface area contributed by atoms with Crippen LogP contribution in [0.2, 0.25) is 5.02 Å². The van der Waals surface area contributed by atoms with E-state index in [1.165, 1.54) is 18.4 Å². The molecule has 5 rings (SSSR count). The molecule has 33 heavy (non-hydrogen) atoms. The number of thiophene rings is 1. The molecule has 8 heteroatoms. The number of carbonyl (C=O) groups excluding carboxylic acids is 2. The van der Waals surface area contributed by atoms with Gasteiger partial charge in [-0.3, -0.25) is 5.32 Å². The molecule has 0 spiro atoms. The van der Waals surface area contributed by atoms with Crippen LogP contribution in [0.4, 0.5) is 15.5 Å². The molecular weight excluding hydrogens is 458 g/mol. The number of nitrogens with one attached hydrogen (secondary N) is 3. The zero-order valence-electron chi connectivity index (χ0n) is 18.0. The van der Waals surface area contributed by atoms with Gasteiger partial charge in [-0.05, 0) is 73.2 Å². The first-order valence-electron chi connectivity index (χ1n) is 10.7. The number of halogens is 1. The molecule has 3 N–H and O–H groups in total. The van der Waals surface area contributed by atoms with E-state index < -0.39 is 12.0 Å². The average molecular weight is 480 g/mol. The van der Waals surface area contributed by atoms with Crippen LogP contribution in [0, 0.1) is 0 Å². The number of H-pyrrole nitrogens is 1. The molecule has 168 valence electrons. The number of carbonyl (C=O) groups is 2. The highest BCUT2D eigenvalue weighted by molar-refractivity contribution is 7.17. The van der Waals surface area contributed by atoms with Gasteiger partial charge in [-0.1, -0.05) is 23.7 Å². The van der Waals surface area contributed by atoms with E-state index in [-0.39, 0.29) is 0 Å². The number of methoxy groups -OCH3 is 1. The fourth-order valence-electron chi connectivity index (χ4n) is 4.23. The highest BCUT2D eigenvalue weighted by Gasteiger charge is 2.26. The second-order valence-electron chi connectivity index (χ2n) is 7.98. The van der Waals surface area contributed by atoms with Crippen molar-refractivity contribution < 1.29 is 14.3 Å². The van der Waals surface area contributed by atoms with Crippen LogP contribution in [-0.2, 0) is 17.6 Å². The Morgan fingerprint density at radius 2 is 1.82 bits per heavy atom. The van der Waals surface area contributed by atoms with E-state index in [0.717, 1.165) is 58.3 Å². The van der Waals surface area contributed by atoms with E-state index >= 15 is 0 Å². The van der Waals surface area contributed by atoms with E-state index in [9.17, 15) is 9.59 Å². The maximum Gasteiger partial charge on any atom is 0.341 e. The van der Waals surface area contributed by atoms with Gasteiger partial charge in [0.1, 0.15) is 5.00 Å². The lowest BCUT2D eigenvalue weighted by atomic mass is 9.95. The SMILES string of the molecule is COC(=O)c1c(NC(=O)Nc2ccc(-c3cc4cc(Cl)ccc4[nH]3)cc2)sc2c1CCCC2. The Morgan fingerprint density at radius 1 is 1.03 bits per heavy atom. The molecule has 4 aromatic rings. The third-order valence-corrected chi connectivity index (χ3v) is 7.27. The van der Waals surface area contributed by atoms with Gasteiger partial charge in [0.05, 0.1) is 12.7 Å². The predicted octanol–water partition coefficient (Wildman–Crippen LogP) is 6.86. The molecule has 0 unspecified atom stereocenters. The Bertz CT molecular complexity index is 1360. The number of rotatable bonds is 4. The van der Waals surface area contributed by atoms with Crippen LogP contribution in [0.5, 0.6) is 0 Å². The molecule has 0 saturated heterocycles. The number of amides is 2. The molecular formula is C25H22ClN3O3S. The van der Waals surface area contributed by atoms with Gasteiger partial charge < -0.3 is 15.0 Å². The van der Waals surface area contributed by atoms with Gasteiger partial charge in [-0.25, -0.2) is 9.59 Å². The second kappa shape index (κ2) is 8.92. The molecule has 0 radical (unpaired) electrons. The summed E-state index contributed by atoms with van der Waals surface area (Å²) in [6.07, 6.45) is 3.89. The Hall–Kier alpha value is -3.29. The number of aromatic amines is 1. The van der Waals surface area contributed by atoms with Crippen molar-refractivity contribution in [2.24, 2.45) is 0 Å². The highest BCUT2D eigenvalue weighted by Crippen LogP contribution is 2.38. The summed E-state index contributed by atoms with van der Waals surface area (Å²) in [6, 6.07) is 14.9. The number of esters is 1. The predicted molar refractivity (Wildman–Crippen MR) is 134 cm³/mol. The first-order valence-corrected chi connectivity index (χ1v) is 11.9. The maximum absolute atomic E-state index is 12.7. The second-order valence-corrected chi connectivity index (χ2v) is 9.52. The zero-order valence-corrected chi connectivity index (χ0v) is 19.5. The van der Waals surface area contributed by atoms with Gasteiger partial charge in [0.25, 0.3) is 0 Å². The van der Waals surface area contributed by atoms with Crippen LogP contribution in [0.1, 0.15) is 33.6 Å². The summed E-state index contributed by atoms with van der Waals surface area (Å²) in [5.41, 5.74) is 5.12. The molecule has 2 aromatic heterocycles. The fraction of sp³-hybridized carbons (Fsp3) is 0.200. The smallest absolute Gasteiger partial charge is 0.341 e. The molecule has 0 bridgehead atoms. The molecule has 0 aliphatic heterocycles. The van der Waals surface area contributed by atoms with Crippen LogP contribution in [0.15, 0.2) is 48.5 Å². The average Bonchev–Trinajstić information content (AvgIpc) is 3.39. The number of anilines is 2. The molecule has 0 fully saturated rings. The molecule has 2 aromatic carbocycles. The van der Waals surface area contributed by atoms with E-state index in [2.05, 4.69) is 15.6 Å². The molecule has 2 heterocycles. The summed E-state index contributed by atoms with van der Waals surface area (Å²) < 4.78 is 4.97. The van der Waals surface area contributed by atoms with E-state index in [0.29, 0.717) is 21.3 Å². The van der Waals surface area contributed by atoms with E-state index in [1.807, 2.05) is 48.5 Å². The van der Waals surface area contributed by atoms with Gasteiger partial charge >= 0.3 is 12.0 Å². The number of hydrogen-bond acceptors (Lipinski definition) is 4. The van der Waals surface area contributed by atoms with Crippen LogP contribution < -0.4 is 10.6 Å². The number of benzene rings is 2. The van der Waals surface area contributed by atoms with Crippen LogP contribution in [0.3, 0.4) is 0 Å². The van der Waals surface area contributed by atoms with Crippen molar-refractivity contribution >= 4 is 56.5 Å². The summed E-state index contributed by atoms with van der Waals surface area (Å²) in [7, 11) is 1.36. The summed E-state index contributed by atoms with van der Waals surface area (Å²) in [6.45, 7) is 0. The lowest BCUT2D eigenvalue weighted by Crippen LogP contribution is -2.20. The van der Waals surface area contributed by atoms with Crippen molar-refractivity contribution in [3.05, 3.63) is 69.6 Å². The van der Waals surface area contributed by atoms with Gasteiger partial charge in [-0.15, -0.1) is 11.3 Å². The van der Waals surface area contributed by atoms with Crippen molar-refractivity contribution in [1.82, 2.24) is 4.98 Å². The van der Waals surface area contributed by atoms with Crippen LogP contribution >= 0.6 is 22.9 Å². The third-order valence-electron chi connectivity index (χ3n) is 5.82. The molecule has 1 aliphatic rings. The van der Waals surface area contributed by atoms with Crippen molar-refractivity contribution in [2.75, 3.05) is 17.7 Å². The number of hydrogen-bond donors (Lipinski definition) is 3. The van der Waals surface area contributed by atoms with Crippen LogP contribution in [-0.4, -0.2) is 24.1 Å². The number of ether oxygens (including phenoxy) is 1. The van der Waals surface area contributed by atoms with Gasteiger partial charge in [0, 0.05) is 32.2 Å². The van der Waals surface area contributed by atoms with Gasteiger partial charge in [0.15, 0.2) is 0 Å². The van der Waals surface area contributed by atoms with Crippen molar-refractivity contribution in [3.63, 3.8) is 0 Å². The molecule has 0 saturated carbocycles. The first-order chi connectivity index (χ1) is 16.0. The minimum atomic E-state index is -0.409. The Kier molecular flexibility index (Phi) is 5.83.